The smallest absolute Gasteiger partial charge is 0.267 e. The first kappa shape index (κ1) is 13.1. The Kier molecular flexibility index (Phi) is 4.18. The second kappa shape index (κ2) is 6.04. The molecule has 100 valence electrons. The molecular weight excluding hydrogens is 242 g/mol. The van der Waals surface area contributed by atoms with E-state index in [2.05, 4.69) is 15.3 Å². The van der Waals surface area contributed by atoms with Crippen molar-refractivity contribution in [1.82, 2.24) is 9.97 Å². The molecule has 0 spiro atoms. The van der Waals surface area contributed by atoms with Gasteiger partial charge in [-0.15, -0.1) is 0 Å². The normalized spacial score (nSPS) is 11.9. The fraction of sp³-hybridized carbons (Fsp3) is 0.286. The number of ether oxygens (including phenoxy) is 1. The fourth-order valence-corrected chi connectivity index (χ4v) is 1.71. The summed E-state index contributed by atoms with van der Waals surface area (Å²) in [4.78, 5) is 18.8. The van der Waals surface area contributed by atoms with Gasteiger partial charge in [0.15, 0.2) is 6.10 Å². The SMILES string of the molecule is CCC(Oc1cccc(C)c1)C(=O)Nc1ncc[nH]1. The van der Waals surface area contributed by atoms with Crippen molar-refractivity contribution < 1.29 is 9.53 Å². The molecule has 0 saturated heterocycles. The van der Waals surface area contributed by atoms with E-state index in [1.54, 1.807) is 12.4 Å². The number of carbonyl (C=O) groups is 1. The maximum Gasteiger partial charge on any atom is 0.267 e. The molecule has 0 radical (unpaired) electrons. The molecular formula is C14H17N3O2. The lowest BCUT2D eigenvalue weighted by Crippen LogP contribution is -2.32. The summed E-state index contributed by atoms with van der Waals surface area (Å²) in [5, 5.41) is 2.68. The predicted octanol–water partition coefficient (Wildman–Crippen LogP) is 2.51. The number of benzene rings is 1. The van der Waals surface area contributed by atoms with Crippen molar-refractivity contribution in [3.8, 4) is 5.75 Å². The van der Waals surface area contributed by atoms with Gasteiger partial charge in [-0.3, -0.25) is 10.1 Å². The summed E-state index contributed by atoms with van der Waals surface area (Å²) in [5.74, 6) is 0.914. The highest BCUT2D eigenvalue weighted by atomic mass is 16.5. The van der Waals surface area contributed by atoms with Gasteiger partial charge in [0.1, 0.15) is 5.75 Å². The largest absolute Gasteiger partial charge is 0.481 e. The summed E-state index contributed by atoms with van der Waals surface area (Å²) in [6, 6.07) is 7.64. The molecule has 1 aromatic carbocycles. The van der Waals surface area contributed by atoms with Crippen molar-refractivity contribution in [2.24, 2.45) is 0 Å². The van der Waals surface area contributed by atoms with Gasteiger partial charge in [0, 0.05) is 12.4 Å². The molecule has 1 unspecified atom stereocenters. The maximum absolute atomic E-state index is 12.0. The number of nitrogens with one attached hydrogen (secondary N) is 2. The highest BCUT2D eigenvalue weighted by Crippen LogP contribution is 2.16. The van der Waals surface area contributed by atoms with Crippen LogP contribution in [0.15, 0.2) is 36.7 Å². The fourth-order valence-electron chi connectivity index (χ4n) is 1.71. The van der Waals surface area contributed by atoms with Gasteiger partial charge in [-0.2, -0.15) is 0 Å². The molecule has 0 aliphatic rings. The molecule has 5 heteroatoms. The van der Waals surface area contributed by atoms with Crippen molar-refractivity contribution in [2.75, 3.05) is 5.32 Å². The molecule has 1 amide bonds. The summed E-state index contributed by atoms with van der Waals surface area (Å²) in [6.07, 6.45) is 3.28. The Hall–Kier alpha value is -2.30. The van der Waals surface area contributed by atoms with Crippen LogP contribution in [0.5, 0.6) is 5.75 Å². The summed E-state index contributed by atoms with van der Waals surface area (Å²) in [7, 11) is 0. The van der Waals surface area contributed by atoms with E-state index < -0.39 is 6.10 Å². The van der Waals surface area contributed by atoms with Gasteiger partial charge in [0.2, 0.25) is 5.95 Å². The second-order valence-electron chi connectivity index (χ2n) is 4.26. The van der Waals surface area contributed by atoms with Crippen molar-refractivity contribution in [2.45, 2.75) is 26.4 Å². The van der Waals surface area contributed by atoms with Gasteiger partial charge < -0.3 is 9.72 Å². The first-order chi connectivity index (χ1) is 9.19. The van der Waals surface area contributed by atoms with Gasteiger partial charge in [-0.1, -0.05) is 19.1 Å². The monoisotopic (exact) mass is 259 g/mol. The van der Waals surface area contributed by atoms with E-state index in [0.717, 1.165) is 5.56 Å². The molecule has 0 aliphatic carbocycles. The van der Waals surface area contributed by atoms with Gasteiger partial charge in [0.05, 0.1) is 0 Å². The van der Waals surface area contributed by atoms with Crippen LogP contribution in [0.4, 0.5) is 5.95 Å². The topological polar surface area (TPSA) is 67.0 Å². The van der Waals surface area contributed by atoms with Crippen LogP contribution in [0.25, 0.3) is 0 Å². The molecule has 2 N–H and O–H groups in total. The van der Waals surface area contributed by atoms with Crippen LogP contribution >= 0.6 is 0 Å². The number of hydrogen-bond acceptors (Lipinski definition) is 3. The number of nitrogens with zero attached hydrogens (tertiary/aromatic N) is 1. The lowest BCUT2D eigenvalue weighted by molar-refractivity contribution is -0.122. The third kappa shape index (κ3) is 3.58. The summed E-state index contributed by atoms with van der Waals surface area (Å²) < 4.78 is 5.70. The Morgan fingerprint density at radius 2 is 2.37 bits per heavy atom. The number of aromatic nitrogens is 2. The number of aryl methyl sites for hydroxylation is 1. The van der Waals surface area contributed by atoms with Crippen LogP contribution in [0.3, 0.4) is 0 Å². The third-order valence-electron chi connectivity index (χ3n) is 2.67. The Bertz CT molecular complexity index is 537. The van der Waals surface area contributed by atoms with Crippen LogP contribution in [0.1, 0.15) is 18.9 Å². The van der Waals surface area contributed by atoms with Crippen LogP contribution < -0.4 is 10.1 Å². The molecule has 1 aromatic heterocycles. The van der Waals surface area contributed by atoms with Crippen molar-refractivity contribution in [3.63, 3.8) is 0 Å². The molecule has 5 nitrogen and oxygen atoms in total. The molecule has 0 saturated carbocycles. The average molecular weight is 259 g/mol. The van der Waals surface area contributed by atoms with Gasteiger partial charge in [0.25, 0.3) is 5.91 Å². The molecule has 0 fully saturated rings. The Morgan fingerprint density at radius 3 is 3.00 bits per heavy atom. The van der Waals surface area contributed by atoms with E-state index in [0.29, 0.717) is 18.1 Å². The quantitative estimate of drug-likeness (QED) is 0.867. The number of aromatic amines is 1. The lowest BCUT2D eigenvalue weighted by atomic mass is 10.2. The van der Waals surface area contributed by atoms with Crippen molar-refractivity contribution >= 4 is 11.9 Å². The number of anilines is 1. The van der Waals surface area contributed by atoms with E-state index >= 15 is 0 Å². The molecule has 1 atom stereocenters. The number of carbonyl (C=O) groups excluding carboxylic acids is 1. The molecule has 0 aliphatic heterocycles. The minimum atomic E-state index is -0.535. The number of amides is 1. The van der Waals surface area contributed by atoms with E-state index in [1.165, 1.54) is 0 Å². The molecule has 2 aromatic rings. The number of hydrogen-bond donors (Lipinski definition) is 2. The van der Waals surface area contributed by atoms with Crippen molar-refractivity contribution in [1.29, 1.82) is 0 Å². The minimum Gasteiger partial charge on any atom is -0.481 e. The summed E-state index contributed by atoms with van der Waals surface area (Å²) >= 11 is 0. The predicted molar refractivity (Wildman–Crippen MR) is 73.1 cm³/mol. The highest BCUT2D eigenvalue weighted by Gasteiger charge is 2.19. The maximum atomic E-state index is 12.0. The Labute approximate surface area is 112 Å². The minimum absolute atomic E-state index is 0.209. The number of imidazole rings is 1. The Morgan fingerprint density at radius 1 is 1.53 bits per heavy atom. The van der Waals surface area contributed by atoms with Crippen LogP contribution in [-0.2, 0) is 4.79 Å². The Balaban J connectivity index is 2.01. The number of rotatable bonds is 5. The molecule has 1 heterocycles. The second-order valence-corrected chi connectivity index (χ2v) is 4.26. The first-order valence-electron chi connectivity index (χ1n) is 6.22. The van der Waals surface area contributed by atoms with E-state index in [1.807, 2.05) is 38.1 Å². The van der Waals surface area contributed by atoms with Gasteiger partial charge in [-0.05, 0) is 31.0 Å². The zero-order chi connectivity index (χ0) is 13.7. The van der Waals surface area contributed by atoms with Gasteiger partial charge >= 0.3 is 0 Å². The van der Waals surface area contributed by atoms with Crippen LogP contribution in [0.2, 0.25) is 0 Å². The van der Waals surface area contributed by atoms with Crippen molar-refractivity contribution in [3.05, 3.63) is 42.2 Å². The molecule has 0 bridgehead atoms. The average Bonchev–Trinajstić information content (AvgIpc) is 2.88. The van der Waals surface area contributed by atoms with Gasteiger partial charge in [-0.25, -0.2) is 4.98 Å². The lowest BCUT2D eigenvalue weighted by Gasteiger charge is -2.16. The standard InChI is InChI=1S/C14H17N3O2/c1-3-12(13(18)17-14-15-7-8-16-14)19-11-6-4-5-10(2)9-11/h4-9,12H,3H2,1-2H3,(H2,15,16,17,18). The third-order valence-corrected chi connectivity index (χ3v) is 2.67. The van der Waals surface area contributed by atoms with Crippen LogP contribution in [0, 0.1) is 6.92 Å². The molecule has 2 rings (SSSR count). The van der Waals surface area contributed by atoms with E-state index in [4.69, 9.17) is 4.74 Å². The summed E-state index contributed by atoms with van der Waals surface area (Å²) in [6.45, 7) is 3.89. The first-order valence-corrected chi connectivity index (χ1v) is 6.22. The zero-order valence-corrected chi connectivity index (χ0v) is 11.0. The van der Waals surface area contributed by atoms with E-state index in [-0.39, 0.29) is 5.91 Å². The number of H-pyrrole nitrogens is 1. The summed E-state index contributed by atoms with van der Waals surface area (Å²) in [5.41, 5.74) is 1.10. The zero-order valence-electron chi connectivity index (χ0n) is 11.0. The molecule has 19 heavy (non-hydrogen) atoms. The van der Waals surface area contributed by atoms with Crippen LogP contribution in [-0.4, -0.2) is 22.0 Å². The highest BCUT2D eigenvalue weighted by molar-refractivity contribution is 5.92. The van der Waals surface area contributed by atoms with E-state index in [9.17, 15) is 4.79 Å².